The normalized spacial score (nSPS) is 10.7. The number of fused-ring (bicyclic) bond motifs is 1. The summed E-state index contributed by atoms with van der Waals surface area (Å²) in [7, 11) is 3.94. The Morgan fingerprint density at radius 1 is 1.25 bits per heavy atom. The van der Waals surface area contributed by atoms with Crippen LogP contribution in [0.2, 0.25) is 0 Å². The Labute approximate surface area is 115 Å². The lowest BCUT2D eigenvalue weighted by molar-refractivity contribution is 0.469. The van der Waals surface area contributed by atoms with E-state index in [1.165, 1.54) is 0 Å². The molecule has 0 aliphatic carbocycles. The number of hydrogen-bond donors (Lipinski definition) is 2. The van der Waals surface area contributed by atoms with Crippen LogP contribution in [-0.4, -0.2) is 34.3 Å². The molecule has 7 nitrogen and oxygen atoms in total. The number of rotatable bonds is 3. The molecule has 1 aromatic carbocycles. The predicted octanol–water partition coefficient (Wildman–Crippen LogP) is 1.79. The number of benzene rings is 1. The van der Waals surface area contributed by atoms with E-state index in [0.29, 0.717) is 22.7 Å². The maximum atomic E-state index is 5.80. The van der Waals surface area contributed by atoms with Crippen LogP contribution in [0, 0.1) is 0 Å². The fourth-order valence-corrected chi connectivity index (χ4v) is 1.84. The average molecular weight is 270 g/mol. The van der Waals surface area contributed by atoms with Crippen LogP contribution in [0.5, 0.6) is 11.6 Å². The Morgan fingerprint density at radius 2 is 2.10 bits per heavy atom. The van der Waals surface area contributed by atoms with Gasteiger partial charge in [0, 0.05) is 25.8 Å². The molecular formula is C13H14N6O. The van der Waals surface area contributed by atoms with Gasteiger partial charge in [0.25, 0.3) is 0 Å². The summed E-state index contributed by atoms with van der Waals surface area (Å²) in [4.78, 5) is 10.2. The van der Waals surface area contributed by atoms with E-state index in [4.69, 9.17) is 10.5 Å². The third-order valence-electron chi connectivity index (χ3n) is 2.84. The van der Waals surface area contributed by atoms with Gasteiger partial charge >= 0.3 is 0 Å². The summed E-state index contributed by atoms with van der Waals surface area (Å²) in [5.41, 5.74) is 7.24. The third-order valence-corrected chi connectivity index (χ3v) is 2.84. The molecule has 0 atom stereocenters. The third kappa shape index (κ3) is 2.20. The van der Waals surface area contributed by atoms with Crippen molar-refractivity contribution in [2.24, 2.45) is 0 Å². The summed E-state index contributed by atoms with van der Waals surface area (Å²) in [6.07, 6.45) is 1.61. The van der Waals surface area contributed by atoms with Crippen molar-refractivity contribution in [2.75, 3.05) is 24.7 Å². The molecule has 3 aromatic rings. The highest BCUT2D eigenvalue weighted by Crippen LogP contribution is 2.28. The van der Waals surface area contributed by atoms with Crippen molar-refractivity contribution < 1.29 is 4.74 Å². The second-order valence-corrected chi connectivity index (χ2v) is 4.51. The van der Waals surface area contributed by atoms with Crippen molar-refractivity contribution in [1.82, 2.24) is 20.2 Å². The van der Waals surface area contributed by atoms with Crippen LogP contribution in [0.4, 0.5) is 11.6 Å². The Bertz CT molecular complexity index is 751. The number of aromatic amines is 1. The quantitative estimate of drug-likeness (QED) is 0.753. The summed E-state index contributed by atoms with van der Waals surface area (Å²) < 4.78 is 5.80. The van der Waals surface area contributed by atoms with Gasteiger partial charge in [0.1, 0.15) is 11.1 Å². The summed E-state index contributed by atoms with van der Waals surface area (Å²) >= 11 is 0. The van der Waals surface area contributed by atoms with Crippen molar-refractivity contribution in [3.8, 4) is 11.6 Å². The van der Waals surface area contributed by atoms with Crippen molar-refractivity contribution in [2.45, 2.75) is 0 Å². The van der Waals surface area contributed by atoms with E-state index >= 15 is 0 Å². The molecule has 0 unspecified atom stereocenters. The molecule has 0 radical (unpaired) electrons. The van der Waals surface area contributed by atoms with Crippen LogP contribution >= 0.6 is 0 Å². The van der Waals surface area contributed by atoms with Crippen LogP contribution < -0.4 is 15.4 Å². The van der Waals surface area contributed by atoms with Crippen LogP contribution in [0.1, 0.15) is 0 Å². The number of nitrogens with two attached hydrogens (primary N) is 1. The lowest BCUT2D eigenvalue weighted by Crippen LogP contribution is -2.08. The van der Waals surface area contributed by atoms with Gasteiger partial charge in [-0.3, -0.25) is 5.10 Å². The second kappa shape index (κ2) is 4.69. The van der Waals surface area contributed by atoms with Crippen LogP contribution in [0.25, 0.3) is 11.0 Å². The van der Waals surface area contributed by atoms with Gasteiger partial charge in [0.2, 0.25) is 11.8 Å². The zero-order chi connectivity index (χ0) is 14.1. The van der Waals surface area contributed by atoms with Crippen molar-refractivity contribution >= 4 is 22.7 Å². The summed E-state index contributed by atoms with van der Waals surface area (Å²) in [6, 6.07) is 7.69. The number of aromatic nitrogens is 4. The average Bonchev–Trinajstić information content (AvgIpc) is 2.87. The molecule has 2 aromatic heterocycles. The monoisotopic (exact) mass is 270 g/mol. The molecule has 3 rings (SSSR count). The molecule has 0 bridgehead atoms. The fourth-order valence-electron chi connectivity index (χ4n) is 1.84. The number of hydrogen-bond acceptors (Lipinski definition) is 6. The molecule has 7 heteroatoms. The highest BCUT2D eigenvalue weighted by molar-refractivity contribution is 5.80. The molecule has 2 heterocycles. The SMILES string of the molecule is CN(C)c1cccc(Oc2nc(N)nc3[nH]ncc23)c1. The van der Waals surface area contributed by atoms with Gasteiger partial charge in [0.15, 0.2) is 5.65 Å². The first-order valence-corrected chi connectivity index (χ1v) is 6.05. The van der Waals surface area contributed by atoms with E-state index in [1.54, 1.807) is 6.20 Å². The highest BCUT2D eigenvalue weighted by atomic mass is 16.5. The summed E-state index contributed by atoms with van der Waals surface area (Å²) in [5.74, 6) is 1.20. The minimum atomic E-state index is 0.139. The number of nitrogens with one attached hydrogen (secondary N) is 1. The van der Waals surface area contributed by atoms with Crippen molar-refractivity contribution in [1.29, 1.82) is 0 Å². The van der Waals surface area contributed by atoms with Crippen molar-refractivity contribution in [3.63, 3.8) is 0 Å². The second-order valence-electron chi connectivity index (χ2n) is 4.51. The minimum absolute atomic E-state index is 0.139. The van der Waals surface area contributed by atoms with Gasteiger partial charge in [-0.25, -0.2) is 0 Å². The molecular weight excluding hydrogens is 256 g/mol. The van der Waals surface area contributed by atoms with Crippen molar-refractivity contribution in [3.05, 3.63) is 30.5 Å². The van der Waals surface area contributed by atoms with E-state index < -0.39 is 0 Å². The Hall–Kier alpha value is -2.83. The molecule has 0 spiro atoms. The zero-order valence-corrected chi connectivity index (χ0v) is 11.2. The Kier molecular flexibility index (Phi) is 2.86. The lowest BCUT2D eigenvalue weighted by atomic mass is 10.3. The van der Waals surface area contributed by atoms with E-state index in [0.717, 1.165) is 5.69 Å². The number of ether oxygens (including phenoxy) is 1. The van der Waals surface area contributed by atoms with Gasteiger partial charge < -0.3 is 15.4 Å². The topological polar surface area (TPSA) is 93.0 Å². The number of nitrogens with zero attached hydrogens (tertiary/aromatic N) is 4. The van der Waals surface area contributed by atoms with E-state index in [-0.39, 0.29) is 5.95 Å². The molecule has 0 amide bonds. The number of H-pyrrole nitrogens is 1. The fraction of sp³-hybridized carbons (Fsp3) is 0.154. The van der Waals surface area contributed by atoms with E-state index in [9.17, 15) is 0 Å². The Balaban J connectivity index is 2.00. The standard InChI is InChI=1S/C13H14N6O/c1-19(2)8-4-3-5-9(6-8)20-12-10-7-15-18-11(10)16-13(14)17-12/h3-7H,1-2H3,(H3,14,15,16,17,18). The molecule has 0 saturated carbocycles. The molecule has 20 heavy (non-hydrogen) atoms. The van der Waals surface area contributed by atoms with Gasteiger partial charge in [-0.15, -0.1) is 0 Å². The van der Waals surface area contributed by atoms with Gasteiger partial charge in [0.05, 0.1) is 6.20 Å². The van der Waals surface area contributed by atoms with E-state index in [2.05, 4.69) is 20.2 Å². The van der Waals surface area contributed by atoms with Gasteiger partial charge in [-0.05, 0) is 12.1 Å². The van der Waals surface area contributed by atoms with E-state index in [1.807, 2.05) is 43.3 Å². The molecule has 102 valence electrons. The first kappa shape index (κ1) is 12.2. The number of anilines is 2. The maximum absolute atomic E-state index is 5.80. The maximum Gasteiger partial charge on any atom is 0.235 e. The largest absolute Gasteiger partial charge is 0.438 e. The van der Waals surface area contributed by atoms with Gasteiger partial charge in [-0.2, -0.15) is 15.1 Å². The summed E-state index contributed by atoms with van der Waals surface area (Å²) in [6.45, 7) is 0. The molecule has 0 saturated heterocycles. The minimum Gasteiger partial charge on any atom is -0.438 e. The zero-order valence-electron chi connectivity index (χ0n) is 11.2. The molecule has 0 fully saturated rings. The van der Waals surface area contributed by atoms with Crippen LogP contribution in [-0.2, 0) is 0 Å². The number of nitrogen functional groups attached to an aromatic ring is 1. The van der Waals surface area contributed by atoms with Gasteiger partial charge in [-0.1, -0.05) is 6.07 Å². The predicted molar refractivity (Wildman–Crippen MR) is 76.9 cm³/mol. The van der Waals surface area contributed by atoms with Crippen LogP contribution in [0.15, 0.2) is 30.5 Å². The molecule has 0 aliphatic heterocycles. The summed E-state index contributed by atoms with van der Waals surface area (Å²) in [5, 5.41) is 7.36. The Morgan fingerprint density at radius 3 is 2.90 bits per heavy atom. The first-order chi connectivity index (χ1) is 9.63. The highest BCUT2D eigenvalue weighted by Gasteiger charge is 2.10. The lowest BCUT2D eigenvalue weighted by Gasteiger charge is -2.13. The van der Waals surface area contributed by atoms with Crippen LogP contribution in [0.3, 0.4) is 0 Å². The molecule has 3 N–H and O–H groups in total. The first-order valence-electron chi connectivity index (χ1n) is 6.05. The smallest absolute Gasteiger partial charge is 0.235 e. The molecule has 0 aliphatic rings.